The molecule has 7 heteroatoms. The summed E-state index contributed by atoms with van der Waals surface area (Å²) in [6.45, 7) is 10.1. The standard InChI is InChI=1S/C25H41NO6/c1-6-25(4,5)24(30)32-21-12-15(2)11-17-8-7-16(3)20(23(17)21)10-9-18(27)13-19(28)14-22(29)26-31/h7-8,11,15-16,18-21,23,27-28,31H,6,9-10,12-14H2,1-5H3,(H,26,29)/t15?,16?,18-,19-,20?,21?,23?/m1/s1. The normalized spacial score (nSPS) is 29.5. The van der Waals surface area contributed by atoms with E-state index in [-0.39, 0.29) is 42.7 Å². The second kappa shape index (κ2) is 11.4. The molecule has 2 rings (SSSR count). The first-order valence-corrected chi connectivity index (χ1v) is 11.9. The lowest BCUT2D eigenvalue weighted by molar-refractivity contribution is -0.164. The van der Waals surface area contributed by atoms with E-state index in [1.54, 1.807) is 0 Å². The van der Waals surface area contributed by atoms with Crippen LogP contribution in [0.1, 0.15) is 73.1 Å². The zero-order valence-corrected chi connectivity index (χ0v) is 20.1. The lowest BCUT2D eigenvalue weighted by Gasteiger charge is -2.44. The van der Waals surface area contributed by atoms with E-state index in [9.17, 15) is 19.8 Å². The maximum absolute atomic E-state index is 12.9. The van der Waals surface area contributed by atoms with Gasteiger partial charge in [-0.2, -0.15) is 0 Å². The van der Waals surface area contributed by atoms with Gasteiger partial charge in [0.15, 0.2) is 0 Å². The monoisotopic (exact) mass is 451 g/mol. The van der Waals surface area contributed by atoms with E-state index in [0.717, 1.165) is 6.42 Å². The topological polar surface area (TPSA) is 116 Å². The van der Waals surface area contributed by atoms with Gasteiger partial charge in [-0.15, -0.1) is 0 Å². The number of nitrogens with one attached hydrogen (secondary N) is 1. The number of hydrogen-bond acceptors (Lipinski definition) is 6. The van der Waals surface area contributed by atoms with Gasteiger partial charge in [0.1, 0.15) is 6.10 Å². The third kappa shape index (κ3) is 6.90. The quantitative estimate of drug-likeness (QED) is 0.229. The molecular formula is C25H41NO6. The first kappa shape index (κ1) is 26.6. The van der Waals surface area contributed by atoms with Crippen LogP contribution in [0.3, 0.4) is 0 Å². The maximum atomic E-state index is 12.9. The molecule has 0 bridgehead atoms. The van der Waals surface area contributed by atoms with Gasteiger partial charge in [-0.05, 0) is 69.3 Å². The van der Waals surface area contributed by atoms with Crippen molar-refractivity contribution in [3.63, 3.8) is 0 Å². The third-order valence-electron chi connectivity index (χ3n) is 7.21. The van der Waals surface area contributed by atoms with Gasteiger partial charge in [0.2, 0.25) is 5.91 Å². The van der Waals surface area contributed by atoms with Crippen LogP contribution in [0.25, 0.3) is 0 Å². The van der Waals surface area contributed by atoms with E-state index < -0.39 is 23.5 Å². The second-order valence-corrected chi connectivity index (χ2v) is 10.3. The molecule has 1 amide bonds. The molecule has 0 saturated heterocycles. The van der Waals surface area contributed by atoms with Crippen molar-refractivity contribution in [2.24, 2.45) is 29.1 Å². The van der Waals surface area contributed by atoms with Crippen LogP contribution in [0.15, 0.2) is 23.8 Å². The zero-order chi connectivity index (χ0) is 24.1. The van der Waals surface area contributed by atoms with Gasteiger partial charge in [0.25, 0.3) is 0 Å². The Kier molecular flexibility index (Phi) is 9.49. The molecule has 0 saturated carbocycles. The molecule has 0 aromatic heterocycles. The van der Waals surface area contributed by atoms with Crippen LogP contribution in [0, 0.1) is 29.1 Å². The molecule has 7 atom stereocenters. The number of carbonyl (C=O) groups excluding carboxylic acids is 2. The van der Waals surface area contributed by atoms with E-state index in [4.69, 9.17) is 9.94 Å². The summed E-state index contributed by atoms with van der Waals surface area (Å²) < 4.78 is 6.11. The van der Waals surface area contributed by atoms with Crippen molar-refractivity contribution < 1.29 is 29.7 Å². The van der Waals surface area contributed by atoms with Crippen LogP contribution in [-0.2, 0) is 14.3 Å². The Labute approximate surface area is 191 Å². The number of ether oxygens (including phenoxy) is 1. The molecule has 0 radical (unpaired) electrons. The van der Waals surface area contributed by atoms with Crippen LogP contribution in [0.4, 0.5) is 0 Å². The Morgan fingerprint density at radius 1 is 1.25 bits per heavy atom. The molecule has 0 aromatic carbocycles. The van der Waals surface area contributed by atoms with Crippen molar-refractivity contribution in [2.75, 3.05) is 0 Å². The summed E-state index contributed by atoms with van der Waals surface area (Å²) in [6, 6.07) is 0. The summed E-state index contributed by atoms with van der Waals surface area (Å²) in [6.07, 6.45) is 7.13. The summed E-state index contributed by atoms with van der Waals surface area (Å²) in [5.41, 5.74) is 2.17. The number of carbonyl (C=O) groups is 2. The molecule has 5 unspecified atom stereocenters. The van der Waals surface area contributed by atoms with Gasteiger partial charge in [0.05, 0.1) is 24.0 Å². The number of esters is 1. The van der Waals surface area contributed by atoms with Crippen LogP contribution in [0.2, 0.25) is 0 Å². The van der Waals surface area contributed by atoms with Crippen molar-refractivity contribution >= 4 is 11.9 Å². The van der Waals surface area contributed by atoms with Crippen LogP contribution in [0.5, 0.6) is 0 Å². The van der Waals surface area contributed by atoms with Crippen molar-refractivity contribution in [1.82, 2.24) is 5.48 Å². The molecule has 0 aromatic rings. The van der Waals surface area contributed by atoms with E-state index in [1.807, 2.05) is 20.8 Å². The SMILES string of the molecule is CCC(C)(C)C(=O)OC1CC(C)C=C2C=CC(C)C(CC[C@@H](O)C[C@@H](O)CC(=O)NO)C21. The molecule has 2 aliphatic rings. The second-order valence-electron chi connectivity index (χ2n) is 10.3. The van der Waals surface area contributed by atoms with Gasteiger partial charge >= 0.3 is 5.97 Å². The predicted molar refractivity (Wildman–Crippen MR) is 122 cm³/mol. The zero-order valence-electron chi connectivity index (χ0n) is 20.1. The van der Waals surface area contributed by atoms with Gasteiger partial charge < -0.3 is 14.9 Å². The van der Waals surface area contributed by atoms with Crippen molar-refractivity contribution in [2.45, 2.75) is 91.5 Å². The third-order valence-corrected chi connectivity index (χ3v) is 7.21. The number of hydroxylamine groups is 1. The molecular weight excluding hydrogens is 410 g/mol. The smallest absolute Gasteiger partial charge is 0.311 e. The average Bonchev–Trinajstić information content (AvgIpc) is 2.72. The van der Waals surface area contributed by atoms with Gasteiger partial charge in [-0.3, -0.25) is 14.8 Å². The van der Waals surface area contributed by atoms with Crippen LogP contribution in [-0.4, -0.2) is 45.6 Å². The number of rotatable bonds is 10. The van der Waals surface area contributed by atoms with E-state index in [1.165, 1.54) is 11.1 Å². The van der Waals surface area contributed by atoms with Gasteiger partial charge in [0, 0.05) is 5.92 Å². The molecule has 7 nitrogen and oxygen atoms in total. The highest BCUT2D eigenvalue weighted by molar-refractivity contribution is 5.76. The highest BCUT2D eigenvalue weighted by Gasteiger charge is 2.42. The fourth-order valence-corrected chi connectivity index (χ4v) is 4.82. The minimum absolute atomic E-state index is 0.0673. The number of allylic oxidation sites excluding steroid dienone is 3. The summed E-state index contributed by atoms with van der Waals surface area (Å²) in [7, 11) is 0. The first-order chi connectivity index (χ1) is 15.0. The van der Waals surface area contributed by atoms with Crippen molar-refractivity contribution in [3.8, 4) is 0 Å². The summed E-state index contributed by atoms with van der Waals surface area (Å²) in [4.78, 5) is 24.1. The highest BCUT2D eigenvalue weighted by Crippen LogP contribution is 2.45. The van der Waals surface area contributed by atoms with E-state index in [0.29, 0.717) is 25.2 Å². The number of hydrogen-bond donors (Lipinski definition) is 4. The molecule has 0 spiro atoms. The highest BCUT2D eigenvalue weighted by atomic mass is 16.5. The number of fused-ring (bicyclic) bond motifs is 1. The minimum atomic E-state index is -1.02. The van der Waals surface area contributed by atoms with Gasteiger partial charge in [-0.1, -0.05) is 39.0 Å². The van der Waals surface area contributed by atoms with Crippen LogP contribution < -0.4 is 5.48 Å². The minimum Gasteiger partial charge on any atom is -0.461 e. The summed E-state index contributed by atoms with van der Waals surface area (Å²) in [5.74, 6) is 0.0317. The van der Waals surface area contributed by atoms with E-state index >= 15 is 0 Å². The molecule has 0 fully saturated rings. The van der Waals surface area contributed by atoms with Crippen molar-refractivity contribution in [3.05, 3.63) is 23.8 Å². The molecule has 0 aliphatic heterocycles. The Morgan fingerprint density at radius 3 is 2.56 bits per heavy atom. The first-order valence-electron chi connectivity index (χ1n) is 11.9. The molecule has 4 N–H and O–H groups in total. The molecule has 0 heterocycles. The molecule has 182 valence electrons. The maximum Gasteiger partial charge on any atom is 0.311 e. The Balaban J connectivity index is 2.10. The Morgan fingerprint density at radius 2 is 1.94 bits per heavy atom. The summed E-state index contributed by atoms with van der Waals surface area (Å²) in [5, 5.41) is 29.0. The largest absolute Gasteiger partial charge is 0.461 e. The lowest BCUT2D eigenvalue weighted by atomic mass is 9.65. The predicted octanol–water partition coefficient (Wildman–Crippen LogP) is 3.53. The van der Waals surface area contributed by atoms with E-state index in [2.05, 4.69) is 32.1 Å². The summed E-state index contributed by atoms with van der Waals surface area (Å²) >= 11 is 0. The number of aliphatic hydroxyl groups is 2. The Bertz CT molecular complexity index is 715. The number of aliphatic hydroxyl groups excluding tert-OH is 2. The molecule has 2 aliphatic carbocycles. The Hall–Kier alpha value is -1.70. The average molecular weight is 452 g/mol. The van der Waals surface area contributed by atoms with Gasteiger partial charge in [-0.25, -0.2) is 5.48 Å². The van der Waals surface area contributed by atoms with Crippen LogP contribution >= 0.6 is 0 Å². The fraction of sp³-hybridized carbons (Fsp3) is 0.760. The lowest BCUT2D eigenvalue weighted by Crippen LogP contribution is -2.43. The molecule has 32 heavy (non-hydrogen) atoms. The fourth-order valence-electron chi connectivity index (χ4n) is 4.82. The van der Waals surface area contributed by atoms with Crippen molar-refractivity contribution in [1.29, 1.82) is 0 Å². The number of amides is 1.